The summed E-state index contributed by atoms with van der Waals surface area (Å²) < 4.78 is 0. The first kappa shape index (κ1) is 14.6. The number of benzene rings is 1. The Bertz CT molecular complexity index is 852. The second-order valence-electron chi connectivity index (χ2n) is 4.84. The van der Waals surface area contributed by atoms with Crippen LogP contribution in [0.5, 0.6) is 0 Å². The van der Waals surface area contributed by atoms with E-state index in [1.807, 2.05) is 30.3 Å². The second kappa shape index (κ2) is 6.18. The SMILES string of the molecule is Cc1ncc([N+](=O)[O-])cc1Nc1nccc(-c2ccccc2)n1. The molecule has 0 radical (unpaired) electrons. The number of anilines is 2. The Labute approximate surface area is 132 Å². The second-order valence-corrected chi connectivity index (χ2v) is 4.84. The van der Waals surface area contributed by atoms with Crippen molar-refractivity contribution in [1.29, 1.82) is 0 Å². The van der Waals surface area contributed by atoms with Crippen LogP contribution in [0.15, 0.2) is 54.9 Å². The van der Waals surface area contributed by atoms with Crippen LogP contribution in [-0.2, 0) is 0 Å². The van der Waals surface area contributed by atoms with Gasteiger partial charge in [0.25, 0.3) is 5.69 Å². The molecule has 7 nitrogen and oxygen atoms in total. The van der Waals surface area contributed by atoms with Gasteiger partial charge in [-0.3, -0.25) is 15.1 Å². The van der Waals surface area contributed by atoms with Crippen LogP contribution >= 0.6 is 0 Å². The molecule has 3 aromatic rings. The summed E-state index contributed by atoms with van der Waals surface area (Å²) in [4.78, 5) is 23.0. The van der Waals surface area contributed by atoms with E-state index in [1.165, 1.54) is 12.3 Å². The molecule has 0 spiro atoms. The smallest absolute Gasteiger partial charge is 0.289 e. The molecule has 0 aliphatic carbocycles. The number of aromatic nitrogens is 3. The highest BCUT2D eigenvalue weighted by atomic mass is 16.6. The molecular weight excluding hydrogens is 294 g/mol. The minimum absolute atomic E-state index is 0.0858. The fourth-order valence-electron chi connectivity index (χ4n) is 2.06. The number of hydrogen-bond acceptors (Lipinski definition) is 6. The predicted molar refractivity (Wildman–Crippen MR) is 86.4 cm³/mol. The molecule has 1 N–H and O–H groups in total. The first-order chi connectivity index (χ1) is 11.1. The normalized spacial score (nSPS) is 10.3. The topological polar surface area (TPSA) is 93.8 Å². The molecule has 0 atom stereocenters. The van der Waals surface area contributed by atoms with Gasteiger partial charge in [0.2, 0.25) is 5.95 Å². The van der Waals surface area contributed by atoms with Crippen molar-refractivity contribution < 1.29 is 4.92 Å². The van der Waals surface area contributed by atoms with Crippen LogP contribution in [0.1, 0.15) is 5.69 Å². The van der Waals surface area contributed by atoms with E-state index in [4.69, 9.17) is 0 Å². The molecule has 0 bridgehead atoms. The molecule has 3 rings (SSSR count). The van der Waals surface area contributed by atoms with Gasteiger partial charge in [-0.2, -0.15) is 0 Å². The summed E-state index contributed by atoms with van der Waals surface area (Å²) >= 11 is 0. The van der Waals surface area contributed by atoms with Crippen molar-refractivity contribution in [2.45, 2.75) is 6.92 Å². The number of nitrogens with zero attached hydrogens (tertiary/aromatic N) is 4. The van der Waals surface area contributed by atoms with Gasteiger partial charge in [-0.05, 0) is 13.0 Å². The number of rotatable bonds is 4. The van der Waals surface area contributed by atoms with E-state index in [-0.39, 0.29) is 5.69 Å². The molecular formula is C16H13N5O2. The van der Waals surface area contributed by atoms with Crippen molar-refractivity contribution in [2.75, 3.05) is 5.32 Å². The maximum absolute atomic E-state index is 10.9. The predicted octanol–water partition coefficient (Wildman–Crippen LogP) is 3.50. The summed E-state index contributed by atoms with van der Waals surface area (Å²) in [5, 5.41) is 13.9. The van der Waals surface area contributed by atoms with Crippen molar-refractivity contribution in [1.82, 2.24) is 15.0 Å². The van der Waals surface area contributed by atoms with Crippen LogP contribution in [0.25, 0.3) is 11.3 Å². The van der Waals surface area contributed by atoms with Gasteiger partial charge in [-0.25, -0.2) is 9.97 Å². The van der Waals surface area contributed by atoms with Crippen LogP contribution in [-0.4, -0.2) is 19.9 Å². The molecule has 0 aliphatic heterocycles. The molecule has 114 valence electrons. The minimum Gasteiger partial charge on any atom is -0.322 e. The molecule has 23 heavy (non-hydrogen) atoms. The van der Waals surface area contributed by atoms with Gasteiger partial charge in [-0.15, -0.1) is 0 Å². The van der Waals surface area contributed by atoms with Gasteiger partial charge in [0.05, 0.1) is 22.0 Å². The molecule has 7 heteroatoms. The van der Waals surface area contributed by atoms with E-state index in [2.05, 4.69) is 20.3 Å². The van der Waals surface area contributed by atoms with Crippen molar-refractivity contribution in [3.05, 3.63) is 70.7 Å². The van der Waals surface area contributed by atoms with Crippen LogP contribution in [0.4, 0.5) is 17.3 Å². The van der Waals surface area contributed by atoms with Crippen molar-refractivity contribution in [2.24, 2.45) is 0 Å². The van der Waals surface area contributed by atoms with Gasteiger partial charge >= 0.3 is 0 Å². The third kappa shape index (κ3) is 3.29. The molecule has 0 aliphatic rings. The van der Waals surface area contributed by atoms with E-state index < -0.39 is 4.92 Å². The fourth-order valence-corrected chi connectivity index (χ4v) is 2.06. The van der Waals surface area contributed by atoms with Gasteiger partial charge in [0.1, 0.15) is 6.20 Å². The van der Waals surface area contributed by atoms with E-state index in [0.29, 0.717) is 17.3 Å². The zero-order valence-corrected chi connectivity index (χ0v) is 12.3. The summed E-state index contributed by atoms with van der Waals surface area (Å²) in [6.45, 7) is 1.76. The Balaban J connectivity index is 1.92. The third-order valence-electron chi connectivity index (χ3n) is 3.25. The number of hydrogen-bond donors (Lipinski definition) is 1. The van der Waals surface area contributed by atoms with E-state index in [9.17, 15) is 10.1 Å². The quantitative estimate of drug-likeness (QED) is 0.585. The fraction of sp³-hybridized carbons (Fsp3) is 0.0625. The number of nitro groups is 1. The van der Waals surface area contributed by atoms with Crippen LogP contribution < -0.4 is 5.32 Å². The monoisotopic (exact) mass is 307 g/mol. The number of nitrogens with one attached hydrogen (secondary N) is 1. The highest BCUT2D eigenvalue weighted by molar-refractivity contribution is 5.63. The maximum Gasteiger partial charge on any atom is 0.289 e. The van der Waals surface area contributed by atoms with Crippen LogP contribution in [0, 0.1) is 17.0 Å². The Morgan fingerprint density at radius 2 is 1.91 bits per heavy atom. The zero-order valence-electron chi connectivity index (χ0n) is 12.3. The Hall–Kier alpha value is -3.35. The summed E-state index contributed by atoms with van der Waals surface area (Å²) in [7, 11) is 0. The first-order valence-corrected chi connectivity index (χ1v) is 6.90. The molecule has 0 amide bonds. The molecule has 0 saturated heterocycles. The van der Waals surface area contributed by atoms with Gasteiger partial charge in [-0.1, -0.05) is 30.3 Å². The lowest BCUT2D eigenvalue weighted by Crippen LogP contribution is -2.01. The van der Waals surface area contributed by atoms with Gasteiger partial charge in [0.15, 0.2) is 0 Å². The summed E-state index contributed by atoms with van der Waals surface area (Å²) in [6.07, 6.45) is 2.86. The third-order valence-corrected chi connectivity index (χ3v) is 3.25. The highest BCUT2D eigenvalue weighted by Gasteiger charge is 2.11. The van der Waals surface area contributed by atoms with Crippen LogP contribution in [0.2, 0.25) is 0 Å². The molecule has 1 aromatic carbocycles. The van der Waals surface area contributed by atoms with Crippen LogP contribution in [0.3, 0.4) is 0 Å². The minimum atomic E-state index is -0.487. The molecule has 2 heterocycles. The molecule has 0 fully saturated rings. The molecule has 0 saturated carbocycles. The Morgan fingerprint density at radius 1 is 1.13 bits per heavy atom. The Morgan fingerprint density at radius 3 is 2.65 bits per heavy atom. The first-order valence-electron chi connectivity index (χ1n) is 6.90. The van der Waals surface area contributed by atoms with Gasteiger partial charge < -0.3 is 5.32 Å². The lowest BCUT2D eigenvalue weighted by Gasteiger charge is -2.08. The Kier molecular flexibility index (Phi) is 3.92. The number of aryl methyl sites for hydroxylation is 1. The van der Waals surface area contributed by atoms with E-state index in [1.54, 1.807) is 19.2 Å². The standard InChI is InChI=1S/C16H13N5O2/c1-11-15(9-13(10-18-11)21(22)23)20-16-17-8-7-14(19-16)12-5-3-2-4-6-12/h2-10H,1H3,(H,17,19,20). The maximum atomic E-state index is 10.9. The lowest BCUT2D eigenvalue weighted by molar-refractivity contribution is -0.385. The molecule has 2 aromatic heterocycles. The van der Waals surface area contributed by atoms with Crippen molar-refractivity contribution in [3.8, 4) is 11.3 Å². The lowest BCUT2D eigenvalue weighted by atomic mass is 10.1. The number of pyridine rings is 1. The van der Waals surface area contributed by atoms with Gasteiger partial charge in [0, 0.05) is 17.8 Å². The highest BCUT2D eigenvalue weighted by Crippen LogP contribution is 2.23. The summed E-state index contributed by atoms with van der Waals surface area (Å²) in [6, 6.07) is 12.9. The van der Waals surface area contributed by atoms with Crippen molar-refractivity contribution in [3.63, 3.8) is 0 Å². The molecule has 0 unspecified atom stereocenters. The summed E-state index contributed by atoms with van der Waals surface area (Å²) in [5.74, 6) is 0.358. The average molecular weight is 307 g/mol. The largest absolute Gasteiger partial charge is 0.322 e. The van der Waals surface area contributed by atoms with E-state index >= 15 is 0 Å². The zero-order chi connectivity index (χ0) is 16.2. The van der Waals surface area contributed by atoms with Crippen molar-refractivity contribution >= 4 is 17.3 Å². The van der Waals surface area contributed by atoms with E-state index in [0.717, 1.165) is 11.3 Å². The summed E-state index contributed by atoms with van der Waals surface area (Å²) in [5.41, 5.74) is 2.78. The average Bonchev–Trinajstić information content (AvgIpc) is 2.58.